The van der Waals surface area contributed by atoms with Crippen LogP contribution in [0, 0.1) is 0 Å². The van der Waals surface area contributed by atoms with Crippen molar-refractivity contribution in [2.24, 2.45) is 0 Å². The molecule has 146 valence electrons. The summed E-state index contributed by atoms with van der Waals surface area (Å²) in [6.07, 6.45) is 5.40. The smallest absolute Gasteiger partial charge is 0.359 e. The predicted octanol–water partition coefficient (Wildman–Crippen LogP) is 3.19. The largest absolute Gasteiger partial charge is 0.461 e. The molecule has 2 atom stereocenters. The summed E-state index contributed by atoms with van der Waals surface area (Å²) in [6, 6.07) is 9.22. The third-order valence-electron chi connectivity index (χ3n) is 4.63. The van der Waals surface area contributed by atoms with Gasteiger partial charge in [-0.15, -0.1) is 0 Å². The van der Waals surface area contributed by atoms with Gasteiger partial charge in [0.15, 0.2) is 5.69 Å². The van der Waals surface area contributed by atoms with E-state index in [1.807, 2.05) is 34.9 Å². The predicted molar refractivity (Wildman–Crippen MR) is 101 cm³/mol. The summed E-state index contributed by atoms with van der Waals surface area (Å²) in [7, 11) is -3.59. The lowest BCUT2D eigenvalue weighted by atomic mass is 9.92. The van der Waals surface area contributed by atoms with Crippen molar-refractivity contribution in [2.45, 2.75) is 44.8 Å². The van der Waals surface area contributed by atoms with E-state index in [1.165, 1.54) is 0 Å². The number of nitrogens with zero attached hydrogens (tertiary/aromatic N) is 2. The first-order chi connectivity index (χ1) is 12.9. The van der Waals surface area contributed by atoms with Gasteiger partial charge in [0.1, 0.15) is 0 Å². The number of esters is 1. The van der Waals surface area contributed by atoms with Gasteiger partial charge in [-0.05, 0) is 19.8 Å². The van der Waals surface area contributed by atoms with E-state index >= 15 is 0 Å². The third-order valence-corrected chi connectivity index (χ3v) is 5.23. The van der Waals surface area contributed by atoms with Crippen LogP contribution in [0.1, 0.15) is 49.1 Å². The minimum atomic E-state index is -3.59. The second-order valence-electron chi connectivity index (χ2n) is 6.63. The second kappa shape index (κ2) is 8.22. The molecule has 0 amide bonds. The average Bonchev–Trinajstić information content (AvgIpc) is 3.07. The molecular formula is C19H24N2O5S. The number of benzene rings is 1. The van der Waals surface area contributed by atoms with Crippen molar-refractivity contribution in [3.8, 4) is 11.3 Å². The molecule has 1 aromatic heterocycles. The molecule has 1 aromatic carbocycles. The molecule has 1 fully saturated rings. The Morgan fingerprint density at radius 2 is 1.93 bits per heavy atom. The van der Waals surface area contributed by atoms with E-state index in [9.17, 15) is 13.2 Å². The summed E-state index contributed by atoms with van der Waals surface area (Å²) in [5.41, 5.74) is 1.68. The lowest BCUT2D eigenvalue weighted by Gasteiger charge is -2.32. The van der Waals surface area contributed by atoms with E-state index < -0.39 is 22.2 Å². The maximum absolute atomic E-state index is 12.4. The van der Waals surface area contributed by atoms with E-state index in [0.29, 0.717) is 12.1 Å². The molecule has 2 aromatic rings. The molecule has 0 radical (unpaired) electrons. The second-order valence-corrected chi connectivity index (χ2v) is 8.23. The highest BCUT2D eigenvalue weighted by atomic mass is 32.2. The Hall–Kier alpha value is -2.19. The molecule has 7 nitrogen and oxygen atoms in total. The Morgan fingerprint density at radius 1 is 1.22 bits per heavy atom. The number of hydrogen-bond donors (Lipinski definition) is 0. The van der Waals surface area contributed by atoms with Crippen molar-refractivity contribution in [3.63, 3.8) is 0 Å². The SMILES string of the molecule is CCOC(=O)c1ncn([C@H]2CCCC[C@@H]2OS(C)(=O)=O)c1-c1ccccc1. The summed E-state index contributed by atoms with van der Waals surface area (Å²) >= 11 is 0. The highest BCUT2D eigenvalue weighted by Gasteiger charge is 2.33. The molecule has 0 saturated heterocycles. The number of hydrogen-bond acceptors (Lipinski definition) is 6. The Morgan fingerprint density at radius 3 is 2.59 bits per heavy atom. The van der Waals surface area contributed by atoms with Gasteiger partial charge >= 0.3 is 5.97 Å². The third kappa shape index (κ3) is 4.56. The number of carbonyl (C=O) groups excluding carboxylic acids is 1. The van der Waals surface area contributed by atoms with E-state index in [1.54, 1.807) is 13.3 Å². The van der Waals surface area contributed by atoms with Crippen LogP contribution in [0.15, 0.2) is 36.7 Å². The monoisotopic (exact) mass is 392 g/mol. The fourth-order valence-electron chi connectivity index (χ4n) is 3.58. The number of carbonyl (C=O) groups is 1. The van der Waals surface area contributed by atoms with Crippen molar-refractivity contribution in [2.75, 3.05) is 12.9 Å². The molecule has 27 heavy (non-hydrogen) atoms. The summed E-state index contributed by atoms with van der Waals surface area (Å²) in [6.45, 7) is 2.00. The van der Waals surface area contributed by atoms with Crippen LogP contribution in [-0.4, -0.2) is 42.9 Å². The molecule has 0 N–H and O–H groups in total. The van der Waals surface area contributed by atoms with Gasteiger partial charge in [0.05, 0.1) is 37.0 Å². The standard InChI is InChI=1S/C19H24N2O5S/c1-3-25-19(22)17-18(14-9-5-4-6-10-14)21(13-20-17)15-11-7-8-12-16(15)26-27(2,23)24/h4-6,9-10,13,15-16H,3,7-8,11-12H2,1-2H3/t15-,16-/m0/s1. The molecule has 0 bridgehead atoms. The first-order valence-corrected chi connectivity index (χ1v) is 10.9. The Labute approximate surface area is 159 Å². The Balaban J connectivity index is 2.07. The Kier molecular flexibility index (Phi) is 5.96. The van der Waals surface area contributed by atoms with E-state index in [2.05, 4.69) is 4.98 Å². The first-order valence-electron chi connectivity index (χ1n) is 9.08. The number of rotatable bonds is 6. The van der Waals surface area contributed by atoms with Crippen LogP contribution >= 0.6 is 0 Å². The average molecular weight is 392 g/mol. The van der Waals surface area contributed by atoms with Crippen LogP contribution in [0.25, 0.3) is 11.3 Å². The maximum Gasteiger partial charge on any atom is 0.359 e. The molecule has 1 heterocycles. The maximum atomic E-state index is 12.4. The molecule has 1 saturated carbocycles. The van der Waals surface area contributed by atoms with Crippen LogP contribution in [0.2, 0.25) is 0 Å². The molecule has 3 rings (SSSR count). The topological polar surface area (TPSA) is 87.5 Å². The lowest BCUT2D eigenvalue weighted by molar-refractivity contribution is 0.0520. The molecule has 1 aliphatic carbocycles. The number of aromatic nitrogens is 2. The minimum Gasteiger partial charge on any atom is -0.461 e. The summed E-state index contributed by atoms with van der Waals surface area (Å²) in [5, 5.41) is 0. The minimum absolute atomic E-state index is 0.223. The Bertz CT molecular complexity index is 892. The molecule has 1 aliphatic rings. The number of imidazole rings is 1. The van der Waals surface area contributed by atoms with Crippen molar-refractivity contribution < 1.29 is 22.1 Å². The molecular weight excluding hydrogens is 368 g/mol. The van der Waals surface area contributed by atoms with Gasteiger partial charge < -0.3 is 9.30 Å². The van der Waals surface area contributed by atoms with Gasteiger partial charge in [-0.25, -0.2) is 9.78 Å². The van der Waals surface area contributed by atoms with Gasteiger partial charge in [0.25, 0.3) is 10.1 Å². The van der Waals surface area contributed by atoms with E-state index in [4.69, 9.17) is 8.92 Å². The normalized spacial score (nSPS) is 20.4. The van der Waals surface area contributed by atoms with Crippen molar-refractivity contribution in [1.29, 1.82) is 0 Å². The zero-order valence-electron chi connectivity index (χ0n) is 15.5. The first kappa shape index (κ1) is 19.6. The molecule has 0 spiro atoms. The van der Waals surface area contributed by atoms with Crippen LogP contribution in [-0.2, 0) is 19.0 Å². The van der Waals surface area contributed by atoms with Crippen molar-refractivity contribution >= 4 is 16.1 Å². The summed E-state index contributed by atoms with van der Waals surface area (Å²) in [5.74, 6) is -0.494. The van der Waals surface area contributed by atoms with Crippen molar-refractivity contribution in [1.82, 2.24) is 9.55 Å². The molecule has 8 heteroatoms. The van der Waals surface area contributed by atoms with Crippen LogP contribution in [0.3, 0.4) is 0 Å². The quantitative estimate of drug-likeness (QED) is 0.554. The highest BCUT2D eigenvalue weighted by molar-refractivity contribution is 7.86. The van der Waals surface area contributed by atoms with Gasteiger partial charge in [-0.1, -0.05) is 43.2 Å². The molecule has 0 unspecified atom stereocenters. The fraction of sp³-hybridized carbons (Fsp3) is 0.474. The summed E-state index contributed by atoms with van der Waals surface area (Å²) in [4.78, 5) is 16.7. The van der Waals surface area contributed by atoms with E-state index in [0.717, 1.165) is 31.1 Å². The molecule has 0 aliphatic heterocycles. The van der Waals surface area contributed by atoms with Crippen molar-refractivity contribution in [3.05, 3.63) is 42.4 Å². The zero-order chi connectivity index (χ0) is 19.4. The highest BCUT2D eigenvalue weighted by Crippen LogP contribution is 2.36. The zero-order valence-corrected chi connectivity index (χ0v) is 16.3. The van der Waals surface area contributed by atoms with Crippen LogP contribution in [0.4, 0.5) is 0 Å². The van der Waals surface area contributed by atoms with Crippen LogP contribution in [0.5, 0.6) is 0 Å². The number of ether oxygens (including phenoxy) is 1. The summed E-state index contributed by atoms with van der Waals surface area (Å²) < 4.78 is 35.8. The van der Waals surface area contributed by atoms with Crippen LogP contribution < -0.4 is 0 Å². The fourth-order valence-corrected chi connectivity index (χ4v) is 4.25. The van der Waals surface area contributed by atoms with Gasteiger partial charge in [0.2, 0.25) is 0 Å². The van der Waals surface area contributed by atoms with Gasteiger partial charge in [-0.2, -0.15) is 8.42 Å². The lowest BCUT2D eigenvalue weighted by Crippen LogP contribution is -2.32. The van der Waals surface area contributed by atoms with E-state index in [-0.39, 0.29) is 18.3 Å². The van der Waals surface area contributed by atoms with Gasteiger partial charge in [-0.3, -0.25) is 4.18 Å². The van der Waals surface area contributed by atoms with Gasteiger partial charge in [0, 0.05) is 5.56 Å².